The Labute approximate surface area is 102 Å². The number of rotatable bonds is 4. The van der Waals surface area contributed by atoms with Gasteiger partial charge in [-0.2, -0.15) is 0 Å². The minimum atomic E-state index is 0.282. The van der Waals surface area contributed by atoms with Gasteiger partial charge >= 0.3 is 0 Å². The number of aromatic nitrogens is 1. The fourth-order valence-electron chi connectivity index (χ4n) is 2.55. The summed E-state index contributed by atoms with van der Waals surface area (Å²) in [6.45, 7) is 2.85. The monoisotopic (exact) mass is 235 g/mol. The highest BCUT2D eigenvalue weighted by molar-refractivity contribution is 5.47. The lowest BCUT2D eigenvalue weighted by molar-refractivity contribution is 0.244. The average molecular weight is 235 g/mol. The van der Waals surface area contributed by atoms with Crippen LogP contribution in [-0.2, 0) is 6.54 Å². The molecule has 0 saturated carbocycles. The number of pyridine rings is 1. The molecule has 1 atom stereocenters. The molecule has 1 aromatic rings. The maximum absolute atomic E-state index is 9.02. The Balaban J connectivity index is 2.10. The fourth-order valence-corrected chi connectivity index (χ4v) is 2.55. The molecule has 0 spiro atoms. The molecule has 4 heteroatoms. The van der Waals surface area contributed by atoms with E-state index in [4.69, 9.17) is 10.8 Å². The number of anilines is 1. The van der Waals surface area contributed by atoms with Crippen LogP contribution in [0.4, 0.5) is 5.82 Å². The Morgan fingerprint density at radius 3 is 3.18 bits per heavy atom. The molecule has 0 aliphatic carbocycles. The van der Waals surface area contributed by atoms with Gasteiger partial charge in [0.25, 0.3) is 0 Å². The second kappa shape index (κ2) is 5.98. The second-order valence-corrected chi connectivity index (χ2v) is 4.66. The Morgan fingerprint density at radius 1 is 1.53 bits per heavy atom. The third kappa shape index (κ3) is 2.96. The zero-order valence-electron chi connectivity index (χ0n) is 10.2. The Hall–Kier alpha value is -1.13. The first-order valence-electron chi connectivity index (χ1n) is 6.35. The smallest absolute Gasteiger partial charge is 0.133 e. The van der Waals surface area contributed by atoms with Gasteiger partial charge in [0.05, 0.1) is 0 Å². The topological polar surface area (TPSA) is 62.4 Å². The van der Waals surface area contributed by atoms with Gasteiger partial charge in [0, 0.05) is 38.0 Å². The van der Waals surface area contributed by atoms with E-state index in [1.54, 1.807) is 0 Å². The van der Waals surface area contributed by atoms with Gasteiger partial charge in [-0.25, -0.2) is 4.98 Å². The van der Waals surface area contributed by atoms with E-state index in [0.717, 1.165) is 30.9 Å². The van der Waals surface area contributed by atoms with Crippen LogP contribution in [0.25, 0.3) is 0 Å². The first-order valence-corrected chi connectivity index (χ1v) is 6.35. The van der Waals surface area contributed by atoms with Crippen molar-refractivity contribution in [3.05, 3.63) is 23.9 Å². The zero-order chi connectivity index (χ0) is 12.1. The lowest BCUT2D eigenvalue weighted by Gasteiger charge is -2.34. The molecule has 2 rings (SSSR count). The average Bonchev–Trinajstić information content (AvgIpc) is 2.39. The van der Waals surface area contributed by atoms with Gasteiger partial charge in [-0.3, -0.25) is 0 Å². The first kappa shape index (κ1) is 12.3. The van der Waals surface area contributed by atoms with E-state index >= 15 is 0 Å². The Morgan fingerprint density at radius 2 is 2.41 bits per heavy atom. The molecule has 1 unspecified atom stereocenters. The molecule has 94 valence electrons. The summed E-state index contributed by atoms with van der Waals surface area (Å²) in [5.41, 5.74) is 6.85. The van der Waals surface area contributed by atoms with E-state index in [0.29, 0.717) is 12.5 Å². The summed E-state index contributed by atoms with van der Waals surface area (Å²) in [5, 5.41) is 9.02. The summed E-state index contributed by atoms with van der Waals surface area (Å²) in [6, 6.07) is 3.97. The third-order valence-corrected chi connectivity index (χ3v) is 3.44. The molecule has 1 saturated heterocycles. The predicted molar refractivity (Wildman–Crippen MR) is 68.8 cm³/mol. The van der Waals surface area contributed by atoms with E-state index in [2.05, 4.69) is 9.88 Å². The van der Waals surface area contributed by atoms with Crippen molar-refractivity contribution in [2.75, 3.05) is 24.6 Å². The number of nitrogens with two attached hydrogens (primary N) is 1. The molecule has 1 aromatic heterocycles. The number of piperidine rings is 1. The van der Waals surface area contributed by atoms with Crippen molar-refractivity contribution in [3.63, 3.8) is 0 Å². The van der Waals surface area contributed by atoms with Crippen LogP contribution in [-0.4, -0.2) is 29.8 Å². The van der Waals surface area contributed by atoms with Crippen LogP contribution in [0.2, 0.25) is 0 Å². The van der Waals surface area contributed by atoms with Gasteiger partial charge in [-0.1, -0.05) is 6.07 Å². The summed E-state index contributed by atoms with van der Waals surface area (Å²) >= 11 is 0. The van der Waals surface area contributed by atoms with Crippen LogP contribution in [0.1, 0.15) is 24.8 Å². The molecule has 0 aromatic carbocycles. The molecule has 4 nitrogen and oxygen atoms in total. The van der Waals surface area contributed by atoms with Crippen molar-refractivity contribution in [1.82, 2.24) is 4.98 Å². The largest absolute Gasteiger partial charge is 0.396 e. The van der Waals surface area contributed by atoms with Crippen molar-refractivity contribution in [2.24, 2.45) is 11.7 Å². The van der Waals surface area contributed by atoms with Crippen LogP contribution in [0.5, 0.6) is 0 Å². The third-order valence-electron chi connectivity index (χ3n) is 3.44. The first-order chi connectivity index (χ1) is 8.35. The molecule has 3 N–H and O–H groups in total. The summed E-state index contributed by atoms with van der Waals surface area (Å²) in [6.07, 6.45) is 5.10. The van der Waals surface area contributed by atoms with Crippen molar-refractivity contribution in [3.8, 4) is 0 Å². The van der Waals surface area contributed by atoms with E-state index in [1.165, 1.54) is 12.8 Å². The molecule has 2 heterocycles. The summed E-state index contributed by atoms with van der Waals surface area (Å²) < 4.78 is 0. The van der Waals surface area contributed by atoms with Crippen LogP contribution in [0, 0.1) is 5.92 Å². The highest BCUT2D eigenvalue weighted by Crippen LogP contribution is 2.25. The molecule has 1 fully saturated rings. The minimum Gasteiger partial charge on any atom is -0.396 e. The molecule has 0 amide bonds. The van der Waals surface area contributed by atoms with Crippen molar-refractivity contribution < 1.29 is 5.11 Å². The minimum absolute atomic E-state index is 0.282. The molecule has 1 aliphatic heterocycles. The van der Waals surface area contributed by atoms with Crippen molar-refractivity contribution in [1.29, 1.82) is 0 Å². The van der Waals surface area contributed by atoms with Crippen LogP contribution < -0.4 is 10.6 Å². The molecule has 0 bridgehead atoms. The summed E-state index contributed by atoms with van der Waals surface area (Å²) in [7, 11) is 0. The molecule has 17 heavy (non-hydrogen) atoms. The predicted octanol–water partition coefficient (Wildman–Crippen LogP) is 1.14. The maximum Gasteiger partial charge on any atom is 0.133 e. The van der Waals surface area contributed by atoms with Gasteiger partial charge in [0.2, 0.25) is 0 Å². The highest BCUT2D eigenvalue weighted by atomic mass is 16.3. The van der Waals surface area contributed by atoms with Crippen molar-refractivity contribution >= 4 is 5.82 Å². The second-order valence-electron chi connectivity index (χ2n) is 4.66. The Bertz CT molecular complexity index is 354. The number of hydrogen-bond acceptors (Lipinski definition) is 4. The SMILES string of the molecule is NCc1cccnc1N1CCCC(CCO)C1. The summed E-state index contributed by atoms with van der Waals surface area (Å²) in [4.78, 5) is 6.76. The number of aliphatic hydroxyl groups is 1. The number of hydrogen-bond donors (Lipinski definition) is 2. The van der Waals surface area contributed by atoms with Gasteiger partial charge in [0.1, 0.15) is 5.82 Å². The highest BCUT2D eigenvalue weighted by Gasteiger charge is 2.21. The summed E-state index contributed by atoms with van der Waals surface area (Å²) in [5.74, 6) is 1.61. The van der Waals surface area contributed by atoms with Crippen LogP contribution in [0.15, 0.2) is 18.3 Å². The van der Waals surface area contributed by atoms with E-state index in [-0.39, 0.29) is 6.61 Å². The normalized spacial score (nSPS) is 20.6. The maximum atomic E-state index is 9.02. The van der Waals surface area contributed by atoms with Gasteiger partial charge in [-0.15, -0.1) is 0 Å². The molecule has 1 aliphatic rings. The van der Waals surface area contributed by atoms with Crippen LogP contribution in [0.3, 0.4) is 0 Å². The number of aliphatic hydroxyl groups excluding tert-OH is 1. The fraction of sp³-hybridized carbons (Fsp3) is 0.615. The lowest BCUT2D eigenvalue weighted by Crippen LogP contribution is -2.37. The van der Waals surface area contributed by atoms with Crippen molar-refractivity contribution in [2.45, 2.75) is 25.8 Å². The molecular weight excluding hydrogens is 214 g/mol. The Kier molecular flexibility index (Phi) is 4.34. The zero-order valence-corrected chi connectivity index (χ0v) is 10.2. The quantitative estimate of drug-likeness (QED) is 0.821. The van der Waals surface area contributed by atoms with Gasteiger partial charge < -0.3 is 15.7 Å². The van der Waals surface area contributed by atoms with Crippen LogP contribution >= 0.6 is 0 Å². The number of nitrogens with zero attached hydrogens (tertiary/aromatic N) is 2. The van der Waals surface area contributed by atoms with Gasteiger partial charge in [0.15, 0.2) is 0 Å². The van der Waals surface area contributed by atoms with Gasteiger partial charge in [-0.05, 0) is 31.2 Å². The molecule has 0 radical (unpaired) electrons. The lowest BCUT2D eigenvalue weighted by atomic mass is 9.95. The van der Waals surface area contributed by atoms with E-state index < -0.39 is 0 Å². The van der Waals surface area contributed by atoms with E-state index in [1.807, 2.05) is 18.3 Å². The molecular formula is C13H21N3O. The standard InChI is InChI=1S/C13H21N3O/c14-9-12-4-1-6-15-13(12)16-7-2-3-11(10-16)5-8-17/h1,4,6,11,17H,2-3,5,7-10,14H2. The van der Waals surface area contributed by atoms with E-state index in [9.17, 15) is 0 Å².